The first-order valence-electron chi connectivity index (χ1n) is 12.4. The van der Waals surface area contributed by atoms with Gasteiger partial charge in [-0.1, -0.05) is 11.8 Å². The third-order valence-corrected chi connectivity index (χ3v) is 9.39. The van der Waals surface area contributed by atoms with Gasteiger partial charge in [0.15, 0.2) is 6.29 Å². The number of thioether (sulfide) groups is 1. The van der Waals surface area contributed by atoms with Crippen LogP contribution in [0.25, 0.3) is 0 Å². The third kappa shape index (κ3) is 7.86. The number of sulfonamides is 1. The summed E-state index contributed by atoms with van der Waals surface area (Å²) in [5.74, 6) is 6.65. The van der Waals surface area contributed by atoms with Crippen LogP contribution in [0.2, 0.25) is 0 Å². The molecule has 2 aliphatic heterocycles. The molecule has 36 heavy (non-hydrogen) atoms. The topological polar surface area (TPSA) is 91.4 Å². The van der Waals surface area contributed by atoms with Gasteiger partial charge in [-0.2, -0.15) is 16.1 Å². The minimum absolute atomic E-state index is 0.0420. The molecule has 2 saturated heterocycles. The van der Waals surface area contributed by atoms with Crippen molar-refractivity contribution in [3.05, 3.63) is 24.3 Å². The molecule has 200 valence electrons. The number of hydrogen-bond donors (Lipinski definition) is 0. The lowest BCUT2D eigenvalue weighted by Gasteiger charge is -2.43. The molecule has 3 rings (SSSR count). The highest BCUT2D eigenvalue weighted by molar-refractivity contribution is 8.00. The van der Waals surface area contributed by atoms with E-state index in [0.717, 1.165) is 38.7 Å². The Morgan fingerprint density at radius 1 is 1.19 bits per heavy atom. The van der Waals surface area contributed by atoms with E-state index < -0.39 is 26.8 Å². The smallest absolute Gasteiger partial charge is 0.325 e. The van der Waals surface area contributed by atoms with Gasteiger partial charge in [-0.25, -0.2) is 8.42 Å². The van der Waals surface area contributed by atoms with E-state index in [9.17, 15) is 13.2 Å². The van der Waals surface area contributed by atoms with Crippen LogP contribution in [0.15, 0.2) is 29.2 Å². The van der Waals surface area contributed by atoms with Crippen molar-refractivity contribution in [2.45, 2.75) is 74.3 Å². The van der Waals surface area contributed by atoms with Crippen molar-refractivity contribution < 1.29 is 32.2 Å². The number of hydrogen-bond acceptors (Lipinski definition) is 8. The van der Waals surface area contributed by atoms with Gasteiger partial charge in [-0.15, -0.1) is 0 Å². The van der Waals surface area contributed by atoms with E-state index in [1.807, 2.05) is 13.8 Å². The van der Waals surface area contributed by atoms with Crippen molar-refractivity contribution in [2.24, 2.45) is 0 Å². The number of nitrogens with zero attached hydrogens (tertiary/aromatic N) is 1. The molecule has 0 radical (unpaired) electrons. The first-order valence-corrected chi connectivity index (χ1v) is 14.8. The fourth-order valence-electron chi connectivity index (χ4n) is 4.20. The number of ether oxygens (including phenoxy) is 4. The van der Waals surface area contributed by atoms with Crippen LogP contribution in [0.3, 0.4) is 0 Å². The van der Waals surface area contributed by atoms with E-state index >= 15 is 0 Å². The Balaban J connectivity index is 1.45. The summed E-state index contributed by atoms with van der Waals surface area (Å²) in [6.07, 6.45) is 5.88. The molecule has 1 aromatic rings. The lowest BCUT2D eigenvalue weighted by molar-refractivity contribution is -0.162. The van der Waals surface area contributed by atoms with Crippen LogP contribution < -0.4 is 4.74 Å². The summed E-state index contributed by atoms with van der Waals surface area (Å²) in [5.41, 5.74) is 0. The second kappa shape index (κ2) is 13.7. The zero-order valence-electron chi connectivity index (χ0n) is 21.4. The molecule has 2 fully saturated rings. The van der Waals surface area contributed by atoms with Crippen molar-refractivity contribution >= 4 is 27.8 Å². The van der Waals surface area contributed by atoms with Crippen molar-refractivity contribution in [1.82, 2.24) is 4.31 Å². The Bertz CT molecular complexity index is 1010. The predicted molar refractivity (Wildman–Crippen MR) is 139 cm³/mol. The molecule has 2 unspecified atom stereocenters. The molecular formula is C26H37NO7S2. The molecule has 0 spiro atoms. The molecule has 2 heterocycles. The monoisotopic (exact) mass is 539 g/mol. The SMILES string of the molecule is COC(=O)C1N(S(=O)(=O)c2ccc(OCC#CCCCCOC3CCCCO3)cc2)CCSC1(C)C. The number of rotatable bonds is 10. The van der Waals surface area contributed by atoms with Gasteiger partial charge in [0.2, 0.25) is 10.0 Å². The summed E-state index contributed by atoms with van der Waals surface area (Å²) in [7, 11) is -2.61. The average molecular weight is 540 g/mol. The Labute approximate surface area is 219 Å². The number of carbonyl (C=O) groups excluding carboxylic acids is 1. The molecule has 0 N–H and O–H groups in total. The fraction of sp³-hybridized carbons (Fsp3) is 0.654. The van der Waals surface area contributed by atoms with E-state index in [4.69, 9.17) is 18.9 Å². The van der Waals surface area contributed by atoms with Gasteiger partial charge < -0.3 is 18.9 Å². The molecule has 0 aliphatic carbocycles. The first-order chi connectivity index (χ1) is 17.3. The molecule has 2 aliphatic rings. The normalized spacial score (nSPS) is 22.3. The highest BCUT2D eigenvalue weighted by Crippen LogP contribution is 2.38. The fourth-order valence-corrected chi connectivity index (χ4v) is 7.29. The van der Waals surface area contributed by atoms with Gasteiger partial charge in [-0.05, 0) is 70.2 Å². The molecule has 10 heteroatoms. The van der Waals surface area contributed by atoms with Gasteiger partial charge >= 0.3 is 5.97 Å². The van der Waals surface area contributed by atoms with Crippen molar-refractivity contribution in [2.75, 3.05) is 39.2 Å². The highest BCUT2D eigenvalue weighted by Gasteiger charge is 2.48. The Morgan fingerprint density at radius 3 is 2.67 bits per heavy atom. The zero-order valence-corrected chi connectivity index (χ0v) is 23.0. The molecule has 0 bridgehead atoms. The first kappa shape index (κ1) is 28.8. The van der Waals surface area contributed by atoms with E-state index in [0.29, 0.717) is 18.1 Å². The molecule has 0 saturated carbocycles. The summed E-state index contributed by atoms with van der Waals surface area (Å²) in [6, 6.07) is 5.31. The highest BCUT2D eigenvalue weighted by atomic mass is 32.2. The van der Waals surface area contributed by atoms with Crippen molar-refractivity contribution in [1.29, 1.82) is 0 Å². The van der Waals surface area contributed by atoms with E-state index in [-0.39, 0.29) is 24.3 Å². The van der Waals surface area contributed by atoms with Gasteiger partial charge in [0, 0.05) is 36.7 Å². The van der Waals surface area contributed by atoms with Crippen LogP contribution in [0.4, 0.5) is 0 Å². The number of unbranched alkanes of at least 4 members (excludes halogenated alkanes) is 2. The predicted octanol–water partition coefficient (Wildman–Crippen LogP) is 3.84. The maximum absolute atomic E-state index is 13.3. The van der Waals surface area contributed by atoms with Gasteiger partial charge in [0.1, 0.15) is 18.4 Å². The number of benzene rings is 1. The minimum Gasteiger partial charge on any atom is -0.481 e. The van der Waals surface area contributed by atoms with Crippen LogP contribution in [0, 0.1) is 11.8 Å². The summed E-state index contributed by atoms with van der Waals surface area (Å²) in [4.78, 5) is 12.6. The van der Waals surface area contributed by atoms with Crippen molar-refractivity contribution in [3.63, 3.8) is 0 Å². The molecular weight excluding hydrogens is 502 g/mol. The summed E-state index contributed by atoms with van der Waals surface area (Å²) in [6.45, 7) is 5.66. The van der Waals surface area contributed by atoms with E-state index in [1.54, 1.807) is 23.9 Å². The summed E-state index contributed by atoms with van der Waals surface area (Å²) in [5, 5.41) is 0. The molecule has 1 aromatic carbocycles. The van der Waals surface area contributed by atoms with E-state index in [1.165, 1.54) is 30.0 Å². The van der Waals surface area contributed by atoms with Crippen LogP contribution in [-0.4, -0.2) is 75.0 Å². The molecule has 0 aromatic heterocycles. The van der Waals surface area contributed by atoms with Gasteiger partial charge in [-0.3, -0.25) is 4.79 Å². The van der Waals surface area contributed by atoms with Gasteiger partial charge in [0.25, 0.3) is 0 Å². The summed E-state index contributed by atoms with van der Waals surface area (Å²) < 4.78 is 49.1. The van der Waals surface area contributed by atoms with Gasteiger partial charge in [0.05, 0.1) is 12.0 Å². The van der Waals surface area contributed by atoms with E-state index in [2.05, 4.69) is 11.8 Å². The second-order valence-corrected chi connectivity index (χ2v) is 12.9. The third-order valence-electron chi connectivity index (χ3n) is 6.16. The Kier molecular flexibility index (Phi) is 10.9. The quantitative estimate of drug-likeness (QED) is 0.252. The standard InChI is InChI=1S/C26H37NO7S2/c1-26(2)24(25(28)31-3)27(16-20-35-26)36(29,30)22-14-12-21(13-15-22)32-17-8-5-4-6-9-18-33-23-11-7-10-19-34-23/h12-15,23-24H,4,6-7,9-11,16-20H2,1-3H3. The van der Waals surface area contributed by atoms with Crippen molar-refractivity contribution in [3.8, 4) is 17.6 Å². The van der Waals surface area contributed by atoms with Crippen LogP contribution in [0.1, 0.15) is 52.4 Å². The maximum atomic E-state index is 13.3. The minimum atomic E-state index is -3.88. The number of methoxy groups -OCH3 is 1. The molecule has 2 atom stereocenters. The van der Waals surface area contributed by atoms with Crippen LogP contribution in [0.5, 0.6) is 5.75 Å². The number of carbonyl (C=O) groups is 1. The molecule has 8 nitrogen and oxygen atoms in total. The summed E-state index contributed by atoms with van der Waals surface area (Å²) >= 11 is 1.56. The maximum Gasteiger partial charge on any atom is 0.325 e. The zero-order chi connectivity index (χ0) is 26.0. The molecule has 0 amide bonds. The lowest BCUT2D eigenvalue weighted by atomic mass is 10.0. The number of esters is 1. The second-order valence-electron chi connectivity index (χ2n) is 9.23. The Hall–Kier alpha value is -1.77. The Morgan fingerprint density at radius 2 is 1.97 bits per heavy atom. The average Bonchev–Trinajstić information content (AvgIpc) is 2.87. The lowest BCUT2D eigenvalue weighted by Crippen LogP contribution is -2.58. The van der Waals surface area contributed by atoms with Crippen LogP contribution in [-0.2, 0) is 29.0 Å². The largest absolute Gasteiger partial charge is 0.481 e. The van der Waals surface area contributed by atoms with Crippen LogP contribution >= 0.6 is 11.8 Å².